The molecule has 5 heteroatoms. The lowest BCUT2D eigenvalue weighted by Crippen LogP contribution is -2.37. The number of hydrogen-bond acceptors (Lipinski definition) is 1. The van der Waals surface area contributed by atoms with E-state index in [0.717, 1.165) is 5.56 Å². The molecule has 3 nitrogen and oxygen atoms in total. The van der Waals surface area contributed by atoms with E-state index in [1.165, 1.54) is 12.1 Å². The van der Waals surface area contributed by atoms with Crippen LogP contribution in [0, 0.1) is 5.82 Å². The van der Waals surface area contributed by atoms with Crippen molar-refractivity contribution in [3.05, 3.63) is 35.6 Å². The minimum absolute atomic E-state index is 0.234. The van der Waals surface area contributed by atoms with Crippen LogP contribution < -0.4 is 10.6 Å². The van der Waals surface area contributed by atoms with Crippen molar-refractivity contribution >= 4 is 17.6 Å². The van der Waals surface area contributed by atoms with Crippen molar-refractivity contribution in [3.8, 4) is 0 Å². The van der Waals surface area contributed by atoms with E-state index in [9.17, 15) is 9.18 Å². The lowest BCUT2D eigenvalue weighted by Gasteiger charge is -2.06. The lowest BCUT2D eigenvalue weighted by molar-refractivity contribution is 0.241. The summed E-state index contributed by atoms with van der Waals surface area (Å²) in [6.45, 7) is 0.962. The summed E-state index contributed by atoms with van der Waals surface area (Å²) in [6.07, 6.45) is 0.675. The molecular formula is C11H14ClFN2O. The molecule has 0 spiro atoms. The van der Waals surface area contributed by atoms with Crippen LogP contribution in [0.25, 0.3) is 0 Å². The topological polar surface area (TPSA) is 41.1 Å². The Morgan fingerprint density at radius 1 is 1.19 bits per heavy atom. The van der Waals surface area contributed by atoms with Gasteiger partial charge in [-0.05, 0) is 24.1 Å². The van der Waals surface area contributed by atoms with Crippen LogP contribution in [0.1, 0.15) is 5.56 Å². The number of alkyl halides is 1. The summed E-state index contributed by atoms with van der Waals surface area (Å²) in [5.41, 5.74) is 0.985. The summed E-state index contributed by atoms with van der Waals surface area (Å²) in [6, 6.07) is 5.98. The molecule has 2 amide bonds. The number of benzene rings is 1. The third kappa shape index (κ3) is 4.98. The second kappa shape index (κ2) is 7.06. The summed E-state index contributed by atoms with van der Waals surface area (Å²) >= 11 is 5.41. The van der Waals surface area contributed by atoms with Crippen molar-refractivity contribution in [2.45, 2.75) is 6.42 Å². The molecule has 0 radical (unpaired) electrons. The maximum Gasteiger partial charge on any atom is 0.314 e. The van der Waals surface area contributed by atoms with Gasteiger partial charge in [-0.15, -0.1) is 11.6 Å². The van der Waals surface area contributed by atoms with Gasteiger partial charge in [-0.3, -0.25) is 0 Å². The molecule has 0 aliphatic carbocycles. The quantitative estimate of drug-likeness (QED) is 0.764. The lowest BCUT2D eigenvalue weighted by atomic mass is 10.1. The van der Waals surface area contributed by atoms with Gasteiger partial charge < -0.3 is 10.6 Å². The van der Waals surface area contributed by atoms with Crippen LogP contribution in [-0.2, 0) is 6.42 Å². The van der Waals surface area contributed by atoms with E-state index in [1.807, 2.05) is 0 Å². The van der Waals surface area contributed by atoms with Crippen molar-refractivity contribution in [2.75, 3.05) is 19.0 Å². The SMILES string of the molecule is O=C(NCCCl)NCCc1ccc(F)cc1. The number of urea groups is 1. The predicted octanol–water partition coefficient (Wildman–Crippen LogP) is 1.91. The van der Waals surface area contributed by atoms with Crippen LogP contribution in [0.2, 0.25) is 0 Å². The number of carbonyl (C=O) groups excluding carboxylic acids is 1. The first-order valence-corrected chi connectivity index (χ1v) is 5.58. The molecular weight excluding hydrogens is 231 g/mol. The highest BCUT2D eigenvalue weighted by Crippen LogP contribution is 2.02. The van der Waals surface area contributed by atoms with E-state index < -0.39 is 0 Å². The fourth-order valence-corrected chi connectivity index (χ4v) is 1.29. The monoisotopic (exact) mass is 244 g/mol. The first kappa shape index (κ1) is 12.8. The maximum atomic E-state index is 12.6. The van der Waals surface area contributed by atoms with E-state index in [2.05, 4.69) is 10.6 Å². The second-order valence-electron chi connectivity index (χ2n) is 3.25. The molecule has 0 atom stereocenters. The Labute approximate surface area is 99.0 Å². The zero-order chi connectivity index (χ0) is 11.8. The Hall–Kier alpha value is -1.29. The van der Waals surface area contributed by atoms with Gasteiger partial charge in [0.25, 0.3) is 0 Å². The number of hydrogen-bond donors (Lipinski definition) is 2. The van der Waals surface area contributed by atoms with Crippen LogP contribution >= 0.6 is 11.6 Å². The molecule has 0 aromatic heterocycles. The zero-order valence-corrected chi connectivity index (χ0v) is 9.56. The first-order valence-electron chi connectivity index (χ1n) is 5.04. The molecule has 0 unspecified atom stereocenters. The molecule has 88 valence electrons. The first-order chi connectivity index (χ1) is 7.72. The van der Waals surface area contributed by atoms with Gasteiger partial charge in [0.1, 0.15) is 5.82 Å². The summed E-state index contributed by atoms with van der Waals surface area (Å²) in [5.74, 6) is 0.141. The highest BCUT2D eigenvalue weighted by molar-refractivity contribution is 6.18. The van der Waals surface area contributed by atoms with Gasteiger partial charge in [-0.25, -0.2) is 9.18 Å². The third-order valence-electron chi connectivity index (χ3n) is 1.99. The highest BCUT2D eigenvalue weighted by atomic mass is 35.5. The van der Waals surface area contributed by atoms with Crippen LogP contribution in [0.5, 0.6) is 0 Å². The van der Waals surface area contributed by atoms with Crippen LogP contribution in [-0.4, -0.2) is 25.0 Å². The van der Waals surface area contributed by atoms with Crippen molar-refractivity contribution in [3.63, 3.8) is 0 Å². The van der Waals surface area contributed by atoms with Gasteiger partial charge in [0.2, 0.25) is 0 Å². The summed E-state index contributed by atoms with van der Waals surface area (Å²) in [7, 11) is 0. The van der Waals surface area contributed by atoms with Gasteiger partial charge in [0.15, 0.2) is 0 Å². The largest absolute Gasteiger partial charge is 0.338 e. The van der Waals surface area contributed by atoms with Gasteiger partial charge in [0.05, 0.1) is 0 Å². The Balaban J connectivity index is 2.20. The maximum absolute atomic E-state index is 12.6. The van der Waals surface area contributed by atoms with Gasteiger partial charge >= 0.3 is 6.03 Å². The van der Waals surface area contributed by atoms with Crippen molar-refractivity contribution in [1.29, 1.82) is 0 Å². The van der Waals surface area contributed by atoms with E-state index in [-0.39, 0.29) is 11.8 Å². The molecule has 1 rings (SSSR count). The average molecular weight is 245 g/mol. The molecule has 0 fully saturated rings. The van der Waals surface area contributed by atoms with Gasteiger partial charge in [-0.2, -0.15) is 0 Å². The molecule has 0 aliphatic heterocycles. The Morgan fingerprint density at radius 3 is 2.44 bits per heavy atom. The van der Waals surface area contributed by atoms with Crippen LogP contribution in [0.15, 0.2) is 24.3 Å². The number of carbonyl (C=O) groups is 1. The molecule has 2 N–H and O–H groups in total. The fraction of sp³-hybridized carbons (Fsp3) is 0.364. The van der Waals surface area contributed by atoms with E-state index in [1.54, 1.807) is 12.1 Å². The molecule has 0 aliphatic rings. The summed E-state index contributed by atoms with van der Waals surface area (Å²) < 4.78 is 12.6. The van der Waals surface area contributed by atoms with Crippen LogP contribution in [0.4, 0.5) is 9.18 Å². The van der Waals surface area contributed by atoms with E-state index >= 15 is 0 Å². The number of rotatable bonds is 5. The van der Waals surface area contributed by atoms with Crippen molar-refractivity contribution in [1.82, 2.24) is 10.6 Å². The molecule has 0 saturated carbocycles. The fourth-order valence-electron chi connectivity index (χ4n) is 1.19. The number of amides is 2. The highest BCUT2D eigenvalue weighted by Gasteiger charge is 1.98. The molecule has 0 saturated heterocycles. The summed E-state index contributed by atoms with van der Waals surface area (Å²) in [4.78, 5) is 11.1. The average Bonchev–Trinajstić information content (AvgIpc) is 2.29. The Bertz CT molecular complexity index is 329. The third-order valence-corrected chi connectivity index (χ3v) is 2.18. The minimum Gasteiger partial charge on any atom is -0.338 e. The normalized spacial score (nSPS) is 9.88. The van der Waals surface area contributed by atoms with Crippen LogP contribution in [0.3, 0.4) is 0 Å². The Kier molecular flexibility index (Phi) is 5.64. The number of halogens is 2. The molecule has 16 heavy (non-hydrogen) atoms. The predicted molar refractivity (Wildman–Crippen MR) is 62.2 cm³/mol. The van der Waals surface area contributed by atoms with Crippen molar-refractivity contribution in [2.24, 2.45) is 0 Å². The molecule has 0 bridgehead atoms. The summed E-state index contributed by atoms with van der Waals surface area (Å²) in [5, 5.41) is 5.26. The standard InChI is InChI=1S/C11H14ClFN2O/c12-6-8-15-11(16)14-7-5-9-1-3-10(13)4-2-9/h1-4H,5-8H2,(H2,14,15,16). The Morgan fingerprint density at radius 2 is 1.81 bits per heavy atom. The number of nitrogens with one attached hydrogen (secondary N) is 2. The zero-order valence-electron chi connectivity index (χ0n) is 8.80. The van der Waals surface area contributed by atoms with E-state index in [4.69, 9.17) is 11.6 Å². The van der Waals surface area contributed by atoms with Gasteiger partial charge in [0, 0.05) is 19.0 Å². The second-order valence-corrected chi connectivity index (χ2v) is 3.63. The minimum atomic E-state index is -0.253. The van der Waals surface area contributed by atoms with Gasteiger partial charge in [-0.1, -0.05) is 12.1 Å². The van der Waals surface area contributed by atoms with Crippen molar-refractivity contribution < 1.29 is 9.18 Å². The smallest absolute Gasteiger partial charge is 0.314 e. The molecule has 1 aromatic rings. The van der Waals surface area contributed by atoms with E-state index in [0.29, 0.717) is 25.4 Å². The molecule has 0 heterocycles. The molecule has 1 aromatic carbocycles.